The fourth-order valence-corrected chi connectivity index (χ4v) is 8.92. The standard InChI is InChI=1S/C71H120O6/c1-4-7-10-13-16-19-22-25-26-27-28-29-30-31-32-33-34-35-36-37-38-39-40-41-42-43-44-47-49-52-55-58-61-64-70(73)76-67-68(77-71(74)65-62-59-56-53-50-46-24-21-18-15-12-9-6-3)66-75-69(72)63-60-57-54-51-48-45-23-20-17-14-11-8-5-2/h7,10,16,19,21,24-26,28-29,31-32,34-35,37-38,40-41,68H,4-6,8-9,11-15,17-18,20,22-23,27,30,33,36,39,42-67H2,1-3H3/b10-7-,19-16-,24-21-,26-25-,29-28-,32-31-,35-34-,38-37-,41-40-. The zero-order chi connectivity index (χ0) is 55.7. The molecule has 0 fully saturated rings. The van der Waals surface area contributed by atoms with Gasteiger partial charge in [0, 0.05) is 19.3 Å². The first-order chi connectivity index (χ1) is 38.0. The van der Waals surface area contributed by atoms with Gasteiger partial charge in [0.1, 0.15) is 13.2 Å². The van der Waals surface area contributed by atoms with Crippen LogP contribution in [0.2, 0.25) is 0 Å². The number of carbonyl (C=O) groups excluding carboxylic acids is 3. The molecule has 0 saturated heterocycles. The Kier molecular flexibility index (Phi) is 61.3. The molecule has 6 nitrogen and oxygen atoms in total. The van der Waals surface area contributed by atoms with E-state index in [2.05, 4.69) is 130 Å². The van der Waals surface area contributed by atoms with E-state index in [0.717, 1.165) is 128 Å². The summed E-state index contributed by atoms with van der Waals surface area (Å²) in [5.41, 5.74) is 0. The van der Waals surface area contributed by atoms with Gasteiger partial charge >= 0.3 is 17.9 Å². The molecule has 0 spiro atoms. The highest BCUT2D eigenvalue weighted by atomic mass is 16.6. The van der Waals surface area contributed by atoms with E-state index in [4.69, 9.17) is 14.2 Å². The Morgan fingerprint density at radius 2 is 0.506 bits per heavy atom. The Labute approximate surface area is 476 Å². The minimum absolute atomic E-state index is 0.0810. The third-order valence-corrected chi connectivity index (χ3v) is 13.8. The molecule has 0 aliphatic rings. The summed E-state index contributed by atoms with van der Waals surface area (Å²) in [6.45, 7) is 6.51. The van der Waals surface area contributed by atoms with Crippen molar-refractivity contribution in [2.45, 2.75) is 309 Å². The van der Waals surface area contributed by atoms with Crippen molar-refractivity contribution in [2.75, 3.05) is 13.2 Å². The number of hydrogen-bond donors (Lipinski definition) is 0. The van der Waals surface area contributed by atoms with E-state index >= 15 is 0 Å². The van der Waals surface area contributed by atoms with Gasteiger partial charge in [-0.25, -0.2) is 0 Å². The number of unbranched alkanes of at least 4 members (excludes halogenated alkanes) is 29. The quantitative estimate of drug-likeness (QED) is 0.0261. The molecule has 1 atom stereocenters. The molecule has 0 aromatic heterocycles. The van der Waals surface area contributed by atoms with Gasteiger partial charge in [0.25, 0.3) is 0 Å². The van der Waals surface area contributed by atoms with Crippen LogP contribution in [0.4, 0.5) is 0 Å². The van der Waals surface area contributed by atoms with Crippen LogP contribution in [-0.2, 0) is 28.6 Å². The molecule has 6 heteroatoms. The van der Waals surface area contributed by atoms with Gasteiger partial charge in [-0.1, -0.05) is 284 Å². The van der Waals surface area contributed by atoms with E-state index < -0.39 is 6.10 Å². The number of rotatable bonds is 58. The fourth-order valence-electron chi connectivity index (χ4n) is 8.92. The SMILES string of the molecule is CC/C=C\C/C=C\C/C=C\C/C=C\C/C=C\C/C=C\C/C=C\C/C=C\CCCCCCCCCCC(=O)OCC(COC(=O)CCCCCCCCCCCCCCC)OC(=O)CCCCCCC/C=C\CCCCCC. The van der Waals surface area contributed by atoms with Gasteiger partial charge < -0.3 is 14.2 Å². The Morgan fingerprint density at radius 1 is 0.273 bits per heavy atom. The lowest BCUT2D eigenvalue weighted by Crippen LogP contribution is -2.30. The van der Waals surface area contributed by atoms with Crippen molar-refractivity contribution in [3.05, 3.63) is 109 Å². The van der Waals surface area contributed by atoms with Crippen LogP contribution in [0, 0.1) is 0 Å². The molecule has 77 heavy (non-hydrogen) atoms. The molecule has 0 saturated carbocycles. The molecular weight excluding hydrogens is 949 g/mol. The van der Waals surface area contributed by atoms with Crippen molar-refractivity contribution in [1.82, 2.24) is 0 Å². The topological polar surface area (TPSA) is 78.9 Å². The van der Waals surface area contributed by atoms with Crippen LogP contribution in [0.25, 0.3) is 0 Å². The lowest BCUT2D eigenvalue weighted by molar-refractivity contribution is -0.167. The highest BCUT2D eigenvalue weighted by molar-refractivity contribution is 5.71. The van der Waals surface area contributed by atoms with Gasteiger partial charge in [0.05, 0.1) is 0 Å². The Morgan fingerprint density at radius 3 is 0.818 bits per heavy atom. The maximum absolute atomic E-state index is 12.9. The van der Waals surface area contributed by atoms with Gasteiger partial charge in [-0.15, -0.1) is 0 Å². The van der Waals surface area contributed by atoms with Crippen LogP contribution in [0.5, 0.6) is 0 Å². The molecule has 0 aliphatic heterocycles. The molecule has 0 rings (SSSR count). The average Bonchev–Trinajstić information content (AvgIpc) is 3.43. The molecule has 0 amide bonds. The Bertz CT molecular complexity index is 1560. The van der Waals surface area contributed by atoms with Crippen molar-refractivity contribution in [2.24, 2.45) is 0 Å². The Balaban J connectivity index is 4.23. The molecule has 0 aromatic rings. The van der Waals surface area contributed by atoms with E-state index in [1.165, 1.54) is 135 Å². The highest BCUT2D eigenvalue weighted by Crippen LogP contribution is 2.16. The van der Waals surface area contributed by atoms with Gasteiger partial charge in [-0.3, -0.25) is 14.4 Å². The molecule has 1 unspecified atom stereocenters. The molecule has 0 heterocycles. The molecule has 0 aromatic carbocycles. The summed E-state index contributed by atoms with van der Waals surface area (Å²) < 4.78 is 16.9. The predicted molar refractivity (Wildman–Crippen MR) is 334 cm³/mol. The normalized spacial score (nSPS) is 12.8. The lowest BCUT2D eigenvalue weighted by Gasteiger charge is -2.18. The summed E-state index contributed by atoms with van der Waals surface area (Å²) >= 11 is 0. The lowest BCUT2D eigenvalue weighted by atomic mass is 10.0. The number of hydrogen-bond acceptors (Lipinski definition) is 6. The summed E-state index contributed by atoms with van der Waals surface area (Å²) in [6.07, 6.45) is 88.1. The second-order valence-corrected chi connectivity index (χ2v) is 21.3. The van der Waals surface area contributed by atoms with Crippen molar-refractivity contribution < 1.29 is 28.6 Å². The largest absolute Gasteiger partial charge is 0.462 e. The monoisotopic (exact) mass is 1070 g/mol. The summed E-state index contributed by atoms with van der Waals surface area (Å²) in [6, 6.07) is 0. The second kappa shape index (κ2) is 64.6. The second-order valence-electron chi connectivity index (χ2n) is 21.3. The molecular formula is C71H120O6. The van der Waals surface area contributed by atoms with Gasteiger partial charge in [0.15, 0.2) is 6.10 Å². The van der Waals surface area contributed by atoms with Gasteiger partial charge in [0.2, 0.25) is 0 Å². The molecule has 0 radical (unpaired) electrons. The summed E-state index contributed by atoms with van der Waals surface area (Å²) in [7, 11) is 0. The van der Waals surface area contributed by atoms with Crippen LogP contribution >= 0.6 is 0 Å². The van der Waals surface area contributed by atoms with Crippen molar-refractivity contribution in [3.63, 3.8) is 0 Å². The van der Waals surface area contributed by atoms with Crippen molar-refractivity contribution >= 4 is 17.9 Å². The number of ether oxygens (including phenoxy) is 3. The number of allylic oxidation sites excluding steroid dienone is 18. The van der Waals surface area contributed by atoms with Crippen LogP contribution < -0.4 is 0 Å². The zero-order valence-corrected chi connectivity index (χ0v) is 50.4. The molecule has 440 valence electrons. The third kappa shape index (κ3) is 62.8. The Hall–Kier alpha value is -3.93. The predicted octanol–water partition coefficient (Wildman–Crippen LogP) is 22.2. The van der Waals surface area contributed by atoms with Gasteiger partial charge in [-0.2, -0.15) is 0 Å². The zero-order valence-electron chi connectivity index (χ0n) is 50.4. The van der Waals surface area contributed by atoms with E-state index in [0.29, 0.717) is 19.3 Å². The van der Waals surface area contributed by atoms with E-state index in [-0.39, 0.29) is 31.1 Å². The minimum atomic E-state index is -0.785. The smallest absolute Gasteiger partial charge is 0.306 e. The first-order valence-corrected chi connectivity index (χ1v) is 32.4. The van der Waals surface area contributed by atoms with Crippen LogP contribution in [0.1, 0.15) is 303 Å². The minimum Gasteiger partial charge on any atom is -0.462 e. The number of esters is 3. The van der Waals surface area contributed by atoms with Gasteiger partial charge in [-0.05, 0) is 109 Å². The highest BCUT2D eigenvalue weighted by Gasteiger charge is 2.19. The van der Waals surface area contributed by atoms with E-state index in [9.17, 15) is 14.4 Å². The third-order valence-electron chi connectivity index (χ3n) is 13.8. The fraction of sp³-hybridized carbons (Fsp3) is 0.704. The van der Waals surface area contributed by atoms with E-state index in [1.807, 2.05) is 0 Å². The first-order valence-electron chi connectivity index (χ1n) is 32.4. The molecule has 0 N–H and O–H groups in total. The molecule has 0 aliphatic carbocycles. The molecule has 0 bridgehead atoms. The maximum atomic E-state index is 12.9. The van der Waals surface area contributed by atoms with Crippen LogP contribution in [0.3, 0.4) is 0 Å². The summed E-state index contributed by atoms with van der Waals surface area (Å²) in [5.74, 6) is -0.891. The first kappa shape index (κ1) is 73.1. The van der Waals surface area contributed by atoms with Crippen molar-refractivity contribution in [1.29, 1.82) is 0 Å². The van der Waals surface area contributed by atoms with E-state index in [1.54, 1.807) is 0 Å². The average molecular weight is 1070 g/mol. The van der Waals surface area contributed by atoms with Crippen LogP contribution in [-0.4, -0.2) is 37.2 Å². The maximum Gasteiger partial charge on any atom is 0.306 e. The van der Waals surface area contributed by atoms with Crippen molar-refractivity contribution in [3.8, 4) is 0 Å². The van der Waals surface area contributed by atoms with Crippen LogP contribution in [0.15, 0.2) is 109 Å². The summed E-state index contributed by atoms with van der Waals surface area (Å²) in [4.78, 5) is 38.2. The number of carbonyl (C=O) groups is 3. The summed E-state index contributed by atoms with van der Waals surface area (Å²) in [5, 5.41) is 0.